The minimum absolute atomic E-state index is 0.0710. The Kier molecular flexibility index (Phi) is 8.08. The molecule has 0 spiro atoms. The number of nitrogens with one attached hydrogen (secondary N) is 3. The van der Waals surface area contributed by atoms with Crippen LogP contribution in [0.4, 0.5) is 11.4 Å². The number of furan rings is 1. The summed E-state index contributed by atoms with van der Waals surface area (Å²) >= 11 is 1.69. The van der Waals surface area contributed by atoms with Gasteiger partial charge in [0.15, 0.2) is 5.76 Å². The first-order valence-corrected chi connectivity index (χ1v) is 12.1. The lowest BCUT2D eigenvalue weighted by Crippen LogP contribution is -2.23. The molecule has 0 aliphatic rings. The van der Waals surface area contributed by atoms with Crippen LogP contribution in [0.2, 0.25) is 0 Å². The summed E-state index contributed by atoms with van der Waals surface area (Å²) in [5.41, 5.74) is 2.56. The molecule has 0 saturated heterocycles. The Balaban J connectivity index is 1.24. The molecule has 0 atom stereocenters. The number of aryl methyl sites for hydroxylation is 1. The maximum Gasteiger partial charge on any atom is 0.291 e. The third-order valence-corrected chi connectivity index (χ3v) is 6.16. The highest BCUT2D eigenvalue weighted by Gasteiger charge is 2.10. The topological polar surface area (TPSA) is 100 Å². The van der Waals surface area contributed by atoms with Gasteiger partial charge in [-0.2, -0.15) is 0 Å². The molecule has 0 radical (unpaired) electrons. The second kappa shape index (κ2) is 11.8. The van der Waals surface area contributed by atoms with E-state index in [0.29, 0.717) is 29.9 Å². The van der Waals surface area contributed by atoms with Gasteiger partial charge < -0.3 is 20.4 Å². The highest BCUT2D eigenvalue weighted by molar-refractivity contribution is 7.09. The van der Waals surface area contributed by atoms with Gasteiger partial charge in [-0.3, -0.25) is 14.4 Å². The monoisotopic (exact) mass is 487 g/mol. The lowest BCUT2D eigenvalue weighted by Gasteiger charge is -2.09. The number of rotatable bonds is 10. The lowest BCUT2D eigenvalue weighted by atomic mass is 10.1. The van der Waals surface area contributed by atoms with Crippen LogP contribution in [0.5, 0.6) is 0 Å². The van der Waals surface area contributed by atoms with E-state index in [1.807, 2.05) is 23.6 Å². The van der Waals surface area contributed by atoms with Crippen LogP contribution in [0, 0.1) is 0 Å². The molecule has 4 rings (SSSR count). The fraction of sp³-hybridized carbons (Fsp3) is 0.148. The normalized spacial score (nSPS) is 10.5. The Hall–Kier alpha value is -4.17. The molecule has 0 fully saturated rings. The minimum atomic E-state index is -0.328. The maximum atomic E-state index is 12.6. The quantitative estimate of drug-likeness (QED) is 0.276. The molecule has 3 N–H and O–H groups in total. The first-order valence-electron chi connectivity index (χ1n) is 11.2. The van der Waals surface area contributed by atoms with Crippen molar-refractivity contribution in [2.75, 3.05) is 10.6 Å². The van der Waals surface area contributed by atoms with Crippen LogP contribution >= 0.6 is 11.3 Å². The Morgan fingerprint density at radius 2 is 1.69 bits per heavy atom. The van der Waals surface area contributed by atoms with Gasteiger partial charge in [0.1, 0.15) is 0 Å². The Morgan fingerprint density at radius 3 is 2.43 bits per heavy atom. The zero-order valence-electron chi connectivity index (χ0n) is 19.0. The number of anilines is 2. The average Bonchev–Trinajstić information content (AvgIpc) is 3.58. The first kappa shape index (κ1) is 24.0. The summed E-state index contributed by atoms with van der Waals surface area (Å²) in [6, 6.07) is 21.4. The van der Waals surface area contributed by atoms with Crippen molar-refractivity contribution in [3.05, 3.63) is 106 Å². The van der Waals surface area contributed by atoms with Gasteiger partial charge in [0.05, 0.1) is 6.26 Å². The fourth-order valence-electron chi connectivity index (χ4n) is 3.43. The molecule has 4 aromatic rings. The third-order valence-electron chi connectivity index (χ3n) is 5.23. The predicted molar refractivity (Wildman–Crippen MR) is 137 cm³/mol. The van der Waals surface area contributed by atoms with Crippen molar-refractivity contribution in [3.63, 3.8) is 0 Å². The average molecular weight is 488 g/mol. The van der Waals surface area contributed by atoms with Gasteiger partial charge in [0.25, 0.3) is 11.8 Å². The molecule has 2 aromatic carbocycles. The van der Waals surface area contributed by atoms with Gasteiger partial charge in [-0.05, 0) is 72.3 Å². The number of carbonyl (C=O) groups excluding carboxylic acids is 3. The summed E-state index contributed by atoms with van der Waals surface area (Å²) in [6.07, 6.45) is 3.52. The number of amides is 3. The number of hydrogen-bond acceptors (Lipinski definition) is 5. The van der Waals surface area contributed by atoms with E-state index in [1.54, 1.807) is 59.9 Å². The molecular formula is C27H25N3O4S. The molecule has 178 valence electrons. The lowest BCUT2D eigenvalue weighted by molar-refractivity contribution is -0.116. The number of benzene rings is 2. The number of carbonyl (C=O) groups is 3. The molecule has 3 amide bonds. The Bertz CT molecular complexity index is 1270. The summed E-state index contributed by atoms with van der Waals surface area (Å²) in [7, 11) is 0. The molecule has 0 aliphatic heterocycles. The molecule has 7 nitrogen and oxygen atoms in total. The largest absolute Gasteiger partial charge is 0.459 e. The summed E-state index contributed by atoms with van der Waals surface area (Å²) in [5.74, 6) is -0.406. The third kappa shape index (κ3) is 7.15. The van der Waals surface area contributed by atoms with Crippen molar-refractivity contribution in [1.82, 2.24) is 5.32 Å². The molecule has 8 heteroatoms. The van der Waals surface area contributed by atoms with Gasteiger partial charge in [-0.1, -0.05) is 24.3 Å². The van der Waals surface area contributed by atoms with Crippen LogP contribution in [-0.2, 0) is 17.8 Å². The zero-order chi connectivity index (χ0) is 24.5. The van der Waals surface area contributed by atoms with Crippen molar-refractivity contribution in [3.8, 4) is 0 Å². The summed E-state index contributed by atoms with van der Waals surface area (Å²) in [5, 5.41) is 10.5. The molecule has 2 aromatic heterocycles. The Labute approximate surface area is 207 Å². The second-order valence-corrected chi connectivity index (χ2v) is 8.91. The van der Waals surface area contributed by atoms with Crippen molar-refractivity contribution in [2.24, 2.45) is 0 Å². The molecule has 0 bridgehead atoms. The van der Waals surface area contributed by atoms with E-state index in [2.05, 4.69) is 22.0 Å². The highest BCUT2D eigenvalue weighted by atomic mass is 32.1. The molecule has 35 heavy (non-hydrogen) atoms. The van der Waals surface area contributed by atoms with E-state index < -0.39 is 0 Å². The molecule has 0 saturated carbocycles. The number of thiophene rings is 1. The van der Waals surface area contributed by atoms with E-state index in [9.17, 15) is 14.4 Å². The van der Waals surface area contributed by atoms with E-state index >= 15 is 0 Å². The van der Waals surface area contributed by atoms with Gasteiger partial charge in [0, 0.05) is 34.8 Å². The van der Waals surface area contributed by atoms with Crippen LogP contribution in [-0.4, -0.2) is 17.7 Å². The fourth-order valence-corrected chi connectivity index (χ4v) is 4.18. The van der Waals surface area contributed by atoms with Gasteiger partial charge >= 0.3 is 0 Å². The Morgan fingerprint density at radius 1 is 0.829 bits per heavy atom. The molecule has 2 heterocycles. The van der Waals surface area contributed by atoms with Crippen molar-refractivity contribution in [2.45, 2.75) is 25.8 Å². The maximum absolute atomic E-state index is 12.6. The van der Waals surface area contributed by atoms with Crippen LogP contribution in [0.25, 0.3) is 0 Å². The molecular weight excluding hydrogens is 462 g/mol. The smallest absolute Gasteiger partial charge is 0.291 e. The number of hydrogen-bond donors (Lipinski definition) is 3. The van der Waals surface area contributed by atoms with Crippen molar-refractivity contribution >= 4 is 40.4 Å². The summed E-state index contributed by atoms with van der Waals surface area (Å²) in [4.78, 5) is 38.2. The van der Waals surface area contributed by atoms with E-state index in [-0.39, 0.29) is 23.5 Å². The van der Waals surface area contributed by atoms with Crippen LogP contribution in [0.15, 0.2) is 88.9 Å². The summed E-state index contributed by atoms with van der Waals surface area (Å²) in [6.45, 7) is 0.324. The van der Waals surface area contributed by atoms with Crippen molar-refractivity contribution in [1.29, 1.82) is 0 Å². The first-order chi connectivity index (χ1) is 17.1. The highest BCUT2D eigenvalue weighted by Crippen LogP contribution is 2.15. The van der Waals surface area contributed by atoms with E-state index in [4.69, 9.17) is 4.42 Å². The second-order valence-electron chi connectivity index (χ2n) is 7.87. The summed E-state index contributed by atoms with van der Waals surface area (Å²) < 4.78 is 5.08. The SMILES string of the molecule is O=C(CCCc1cccs1)Nc1cccc(C(=O)NCc2ccc(NC(=O)c3ccco3)cc2)c1. The van der Waals surface area contributed by atoms with Crippen LogP contribution in [0.3, 0.4) is 0 Å². The molecule has 0 aliphatic carbocycles. The van der Waals surface area contributed by atoms with Gasteiger partial charge in [0.2, 0.25) is 5.91 Å². The van der Waals surface area contributed by atoms with Gasteiger partial charge in [-0.25, -0.2) is 0 Å². The van der Waals surface area contributed by atoms with E-state index in [0.717, 1.165) is 18.4 Å². The minimum Gasteiger partial charge on any atom is -0.459 e. The molecule has 0 unspecified atom stereocenters. The standard InChI is InChI=1S/C27H25N3O4S/c31-25(10-2-7-23-8-4-16-35-23)29-22-6-1-5-20(17-22)26(32)28-18-19-11-13-21(14-12-19)30-27(33)24-9-3-15-34-24/h1,3-6,8-9,11-17H,2,7,10,18H2,(H,28,32)(H,29,31)(H,30,33). The van der Waals surface area contributed by atoms with Crippen LogP contribution < -0.4 is 16.0 Å². The predicted octanol–water partition coefficient (Wildman–Crippen LogP) is 5.48. The zero-order valence-corrected chi connectivity index (χ0v) is 19.8. The van der Waals surface area contributed by atoms with E-state index in [1.165, 1.54) is 11.1 Å². The van der Waals surface area contributed by atoms with Crippen LogP contribution in [0.1, 0.15) is 44.2 Å². The van der Waals surface area contributed by atoms with Crippen molar-refractivity contribution < 1.29 is 18.8 Å². The van der Waals surface area contributed by atoms with Gasteiger partial charge in [-0.15, -0.1) is 11.3 Å².